The van der Waals surface area contributed by atoms with Gasteiger partial charge in [0.2, 0.25) is 5.78 Å². The largest absolute Gasteiger partial charge is 0.383 e. The zero-order valence-corrected chi connectivity index (χ0v) is 17.2. The molecule has 27 heavy (non-hydrogen) atoms. The summed E-state index contributed by atoms with van der Waals surface area (Å²) in [5.74, 6) is -0.121. The molecule has 0 aliphatic heterocycles. The number of H-pyrrole nitrogens is 1. The van der Waals surface area contributed by atoms with E-state index in [1.807, 2.05) is 11.9 Å². The van der Waals surface area contributed by atoms with Crippen LogP contribution in [0, 0.1) is 0 Å². The number of carbonyl (C=O) groups excluding carboxylic acids is 1. The van der Waals surface area contributed by atoms with Crippen LogP contribution in [0.25, 0.3) is 0 Å². The molecular weight excluding hydrogens is 389 g/mol. The van der Waals surface area contributed by atoms with Crippen LogP contribution in [0.2, 0.25) is 10.0 Å². The summed E-state index contributed by atoms with van der Waals surface area (Å²) in [5, 5.41) is 3.80. The molecule has 0 atom stereocenters. The number of nitrogens with one attached hydrogen (secondary N) is 1. The van der Waals surface area contributed by atoms with Crippen molar-refractivity contribution in [2.75, 3.05) is 27.3 Å². The number of hydrogen-bond acceptors (Lipinski definition) is 4. The number of aromatic amines is 1. The number of methoxy groups -OCH3 is 1. The minimum Gasteiger partial charge on any atom is -0.383 e. The monoisotopic (exact) mass is 411 g/mol. The maximum absolute atomic E-state index is 13.2. The van der Waals surface area contributed by atoms with E-state index in [2.05, 4.69) is 5.10 Å². The molecule has 3 rings (SSSR count). The van der Waals surface area contributed by atoms with E-state index in [1.165, 1.54) is 4.68 Å². The lowest BCUT2D eigenvalue weighted by Gasteiger charge is -2.19. The Balaban J connectivity index is 1.97. The van der Waals surface area contributed by atoms with Crippen LogP contribution in [-0.4, -0.2) is 47.8 Å². The molecule has 1 fully saturated rings. The summed E-state index contributed by atoms with van der Waals surface area (Å²) in [6.45, 7) is 1.75. The standard InChI is InChI=1S/C19H23Cl2N3O3/c1-23(8-9-27-3)10-13-14(20)7-6-12(16(13)21)18(25)15-17(11-4-5-11)22-24(2)19(15)26/h6-7,11,22H,4-5,8-10H2,1-3H3. The lowest BCUT2D eigenvalue weighted by Crippen LogP contribution is -2.23. The van der Waals surface area contributed by atoms with E-state index in [-0.39, 0.29) is 22.8 Å². The molecule has 0 radical (unpaired) electrons. The molecule has 1 aliphatic rings. The third kappa shape index (κ3) is 4.14. The van der Waals surface area contributed by atoms with Gasteiger partial charge in [-0.15, -0.1) is 0 Å². The summed E-state index contributed by atoms with van der Waals surface area (Å²) in [5.41, 5.74) is 1.53. The van der Waals surface area contributed by atoms with Crippen LogP contribution in [0.3, 0.4) is 0 Å². The first-order valence-electron chi connectivity index (χ1n) is 8.83. The number of aryl methyl sites for hydroxylation is 1. The Bertz CT molecular complexity index is 916. The van der Waals surface area contributed by atoms with Gasteiger partial charge in [-0.1, -0.05) is 23.2 Å². The van der Waals surface area contributed by atoms with Gasteiger partial charge in [-0.25, -0.2) is 0 Å². The molecule has 2 aromatic rings. The van der Waals surface area contributed by atoms with Crippen molar-refractivity contribution >= 4 is 29.0 Å². The molecule has 0 bridgehead atoms. The molecule has 1 N–H and O–H groups in total. The molecule has 0 spiro atoms. The van der Waals surface area contributed by atoms with Crippen molar-refractivity contribution in [2.45, 2.75) is 25.3 Å². The molecule has 1 heterocycles. The first-order chi connectivity index (χ1) is 12.8. The highest BCUT2D eigenvalue weighted by molar-refractivity contribution is 6.38. The minimum atomic E-state index is -0.360. The number of aromatic nitrogens is 2. The Kier molecular flexibility index (Phi) is 6.11. The third-order valence-electron chi connectivity index (χ3n) is 4.82. The molecule has 0 unspecified atom stereocenters. The molecule has 0 amide bonds. The highest BCUT2D eigenvalue weighted by atomic mass is 35.5. The zero-order chi connectivity index (χ0) is 19.7. The van der Waals surface area contributed by atoms with Gasteiger partial charge in [0, 0.05) is 49.3 Å². The van der Waals surface area contributed by atoms with Crippen molar-refractivity contribution in [3.63, 3.8) is 0 Å². The van der Waals surface area contributed by atoms with Crippen molar-refractivity contribution < 1.29 is 9.53 Å². The van der Waals surface area contributed by atoms with Crippen molar-refractivity contribution in [3.05, 3.63) is 54.9 Å². The van der Waals surface area contributed by atoms with E-state index in [0.29, 0.717) is 46.6 Å². The van der Waals surface area contributed by atoms with Crippen molar-refractivity contribution in [2.24, 2.45) is 7.05 Å². The lowest BCUT2D eigenvalue weighted by molar-refractivity contribution is 0.103. The number of ketones is 1. The van der Waals surface area contributed by atoms with Gasteiger partial charge >= 0.3 is 0 Å². The van der Waals surface area contributed by atoms with Crippen LogP contribution >= 0.6 is 23.2 Å². The van der Waals surface area contributed by atoms with Crippen LogP contribution in [-0.2, 0) is 18.3 Å². The molecule has 6 nitrogen and oxygen atoms in total. The fourth-order valence-corrected chi connectivity index (χ4v) is 3.68. The number of carbonyl (C=O) groups is 1. The summed E-state index contributed by atoms with van der Waals surface area (Å²) in [4.78, 5) is 27.7. The van der Waals surface area contributed by atoms with E-state index in [1.54, 1.807) is 26.3 Å². The van der Waals surface area contributed by atoms with Gasteiger partial charge in [0.15, 0.2) is 0 Å². The van der Waals surface area contributed by atoms with Crippen LogP contribution in [0.5, 0.6) is 0 Å². The highest BCUT2D eigenvalue weighted by Gasteiger charge is 2.33. The van der Waals surface area contributed by atoms with E-state index in [9.17, 15) is 9.59 Å². The molecular formula is C19H23Cl2N3O3. The first-order valence-corrected chi connectivity index (χ1v) is 9.58. The van der Waals surface area contributed by atoms with Crippen LogP contribution in [0.1, 0.15) is 45.9 Å². The smallest absolute Gasteiger partial charge is 0.277 e. The Morgan fingerprint density at radius 3 is 2.70 bits per heavy atom. The van der Waals surface area contributed by atoms with Gasteiger partial charge in [0.05, 0.1) is 17.3 Å². The van der Waals surface area contributed by atoms with Gasteiger partial charge in [-0.3, -0.25) is 24.3 Å². The first kappa shape index (κ1) is 20.1. The second-order valence-corrected chi connectivity index (χ2v) is 7.77. The maximum atomic E-state index is 13.2. The summed E-state index contributed by atoms with van der Waals surface area (Å²) >= 11 is 12.9. The average Bonchev–Trinajstić information content (AvgIpc) is 3.43. The van der Waals surface area contributed by atoms with Gasteiger partial charge in [0.25, 0.3) is 5.56 Å². The van der Waals surface area contributed by atoms with Crippen molar-refractivity contribution in [1.29, 1.82) is 0 Å². The second kappa shape index (κ2) is 8.19. The lowest BCUT2D eigenvalue weighted by atomic mass is 9.99. The van der Waals surface area contributed by atoms with Crippen LogP contribution < -0.4 is 5.56 Å². The van der Waals surface area contributed by atoms with Crippen molar-refractivity contribution in [1.82, 2.24) is 14.7 Å². The molecule has 1 aromatic carbocycles. The molecule has 1 aromatic heterocycles. The van der Waals surface area contributed by atoms with E-state index in [4.69, 9.17) is 27.9 Å². The van der Waals surface area contributed by atoms with E-state index >= 15 is 0 Å². The number of benzene rings is 1. The van der Waals surface area contributed by atoms with E-state index in [0.717, 1.165) is 12.8 Å². The average molecular weight is 412 g/mol. The number of halogens is 2. The fourth-order valence-electron chi connectivity index (χ4n) is 3.11. The van der Waals surface area contributed by atoms with Gasteiger partial charge in [0.1, 0.15) is 5.56 Å². The fraction of sp³-hybridized carbons (Fsp3) is 0.474. The molecule has 1 saturated carbocycles. The Labute approximate surface area is 168 Å². The number of ether oxygens (including phenoxy) is 1. The Morgan fingerprint density at radius 1 is 1.37 bits per heavy atom. The van der Waals surface area contributed by atoms with Crippen molar-refractivity contribution in [3.8, 4) is 0 Å². The summed E-state index contributed by atoms with van der Waals surface area (Å²) in [6.07, 6.45) is 1.95. The van der Waals surface area contributed by atoms with Gasteiger partial charge < -0.3 is 4.74 Å². The summed E-state index contributed by atoms with van der Waals surface area (Å²) in [6, 6.07) is 3.25. The second-order valence-electron chi connectivity index (χ2n) is 6.99. The predicted octanol–water partition coefficient (Wildman–Crippen LogP) is 3.21. The maximum Gasteiger partial charge on any atom is 0.277 e. The number of nitrogens with zero attached hydrogens (tertiary/aromatic N) is 2. The predicted molar refractivity (Wildman–Crippen MR) is 106 cm³/mol. The molecule has 1 aliphatic carbocycles. The van der Waals surface area contributed by atoms with Gasteiger partial charge in [-0.2, -0.15) is 0 Å². The summed E-state index contributed by atoms with van der Waals surface area (Å²) < 4.78 is 6.44. The van der Waals surface area contributed by atoms with Crippen LogP contribution in [0.4, 0.5) is 0 Å². The van der Waals surface area contributed by atoms with Gasteiger partial charge in [-0.05, 0) is 32.0 Å². The highest BCUT2D eigenvalue weighted by Crippen LogP contribution is 2.41. The molecule has 8 heteroatoms. The third-order valence-corrected chi connectivity index (χ3v) is 5.61. The zero-order valence-electron chi connectivity index (χ0n) is 15.6. The Morgan fingerprint density at radius 2 is 2.07 bits per heavy atom. The molecule has 146 valence electrons. The number of hydrogen-bond donors (Lipinski definition) is 1. The SMILES string of the molecule is COCCN(C)Cc1c(Cl)ccc(C(=O)c2c(C3CC3)[nH]n(C)c2=O)c1Cl. The van der Waals surface area contributed by atoms with E-state index < -0.39 is 0 Å². The quantitative estimate of drug-likeness (QED) is 0.677. The van der Waals surface area contributed by atoms with Crippen LogP contribution in [0.15, 0.2) is 16.9 Å². The topological polar surface area (TPSA) is 67.3 Å². The summed E-state index contributed by atoms with van der Waals surface area (Å²) in [7, 11) is 5.18. The number of likely N-dealkylation sites (N-methyl/N-ethyl adjacent to an activating group) is 1. The minimum absolute atomic E-state index is 0.183. The number of rotatable bonds is 8. The normalized spacial score (nSPS) is 14.1. The molecule has 0 saturated heterocycles. The Hall–Kier alpha value is -1.60.